The van der Waals surface area contributed by atoms with Crippen LogP contribution in [-0.2, 0) is 16.6 Å². The van der Waals surface area contributed by atoms with Gasteiger partial charge >= 0.3 is 0 Å². The third kappa shape index (κ3) is 3.18. The molecule has 2 aliphatic rings. The lowest BCUT2D eigenvalue weighted by atomic mass is 10.2. The first kappa shape index (κ1) is 15.5. The third-order valence-electron chi connectivity index (χ3n) is 4.63. The first-order valence-corrected chi connectivity index (χ1v) is 10.0. The van der Waals surface area contributed by atoms with E-state index in [0.29, 0.717) is 23.4 Å². The summed E-state index contributed by atoms with van der Waals surface area (Å²) >= 11 is 1.56. The number of nitrogens with one attached hydrogen (secondary N) is 1. The van der Waals surface area contributed by atoms with Gasteiger partial charge in [-0.3, -0.25) is 0 Å². The molecule has 0 radical (unpaired) electrons. The van der Waals surface area contributed by atoms with E-state index in [-0.39, 0.29) is 6.04 Å². The van der Waals surface area contributed by atoms with Crippen molar-refractivity contribution in [2.45, 2.75) is 63.1 Å². The molecule has 0 amide bonds. The van der Waals surface area contributed by atoms with Crippen LogP contribution in [0, 0.1) is 12.8 Å². The van der Waals surface area contributed by atoms with Gasteiger partial charge in [0, 0.05) is 30.6 Å². The second kappa shape index (κ2) is 5.65. The fourth-order valence-electron chi connectivity index (χ4n) is 2.72. The summed E-state index contributed by atoms with van der Waals surface area (Å²) in [5.74, 6) is 0.539. The van der Waals surface area contributed by atoms with Crippen molar-refractivity contribution in [3.63, 3.8) is 0 Å². The zero-order valence-corrected chi connectivity index (χ0v) is 14.6. The Hall–Kier alpha value is -0.430. The molecule has 1 N–H and O–H groups in total. The Morgan fingerprint density at radius 3 is 2.62 bits per heavy atom. The number of rotatable bonds is 7. The molecule has 0 bridgehead atoms. The lowest BCUT2D eigenvalue weighted by molar-refractivity contribution is 0.356. The first-order chi connectivity index (χ1) is 9.91. The number of hydrogen-bond donors (Lipinski definition) is 1. The maximum Gasteiger partial charge on any atom is 0.244 e. The van der Waals surface area contributed by atoms with Gasteiger partial charge in [0.1, 0.15) is 4.90 Å². The van der Waals surface area contributed by atoms with Gasteiger partial charge in [-0.25, -0.2) is 8.42 Å². The van der Waals surface area contributed by atoms with Gasteiger partial charge in [-0.2, -0.15) is 4.31 Å². The summed E-state index contributed by atoms with van der Waals surface area (Å²) < 4.78 is 27.5. The molecule has 3 rings (SSSR count). The van der Waals surface area contributed by atoms with Gasteiger partial charge in [-0.1, -0.05) is 0 Å². The number of aryl methyl sites for hydroxylation is 1. The summed E-state index contributed by atoms with van der Waals surface area (Å²) in [6, 6.07) is 0.685. The molecular formula is C15H24N2O2S2. The van der Waals surface area contributed by atoms with Crippen LogP contribution in [0.3, 0.4) is 0 Å². The van der Waals surface area contributed by atoms with Crippen molar-refractivity contribution in [2.24, 2.45) is 5.92 Å². The normalized spacial score (nSPS) is 21.0. The molecule has 4 nitrogen and oxygen atoms in total. The van der Waals surface area contributed by atoms with E-state index < -0.39 is 10.0 Å². The Morgan fingerprint density at radius 1 is 1.38 bits per heavy atom. The van der Waals surface area contributed by atoms with E-state index in [4.69, 9.17) is 0 Å². The Labute approximate surface area is 131 Å². The molecule has 1 aromatic heterocycles. The van der Waals surface area contributed by atoms with Crippen molar-refractivity contribution < 1.29 is 8.42 Å². The monoisotopic (exact) mass is 328 g/mol. The Bertz CT molecular complexity index is 616. The Kier molecular flexibility index (Phi) is 4.16. The van der Waals surface area contributed by atoms with Gasteiger partial charge in [-0.05, 0) is 56.4 Å². The molecule has 2 saturated carbocycles. The molecule has 0 saturated heterocycles. The van der Waals surface area contributed by atoms with Crippen molar-refractivity contribution in [1.82, 2.24) is 9.62 Å². The molecular weight excluding hydrogens is 304 g/mol. The van der Waals surface area contributed by atoms with Gasteiger partial charge in [-0.15, -0.1) is 11.3 Å². The molecule has 0 aliphatic heterocycles. The minimum absolute atomic E-state index is 0.0959. The largest absolute Gasteiger partial charge is 0.309 e. The second-order valence-corrected chi connectivity index (χ2v) is 9.32. The van der Waals surface area contributed by atoms with E-state index in [1.807, 2.05) is 19.2 Å². The number of thiophene rings is 1. The van der Waals surface area contributed by atoms with Crippen LogP contribution in [0.4, 0.5) is 0 Å². The average Bonchev–Trinajstić information content (AvgIpc) is 3.33. The van der Waals surface area contributed by atoms with E-state index in [2.05, 4.69) is 5.32 Å². The SMILES string of the molecule is Cc1csc(CNC2CC2)c1S(=O)(=O)N(C)C(C)C1CC1. The summed E-state index contributed by atoms with van der Waals surface area (Å²) in [4.78, 5) is 1.49. The van der Waals surface area contributed by atoms with Crippen molar-refractivity contribution in [2.75, 3.05) is 7.05 Å². The topological polar surface area (TPSA) is 49.4 Å². The van der Waals surface area contributed by atoms with Crippen LogP contribution in [0.1, 0.15) is 43.0 Å². The molecule has 1 heterocycles. The van der Waals surface area contributed by atoms with Crippen molar-refractivity contribution in [1.29, 1.82) is 0 Å². The molecule has 118 valence electrons. The Morgan fingerprint density at radius 2 is 2.05 bits per heavy atom. The smallest absolute Gasteiger partial charge is 0.244 e. The molecule has 6 heteroatoms. The van der Waals surface area contributed by atoms with E-state index in [1.165, 1.54) is 12.8 Å². The predicted octanol–water partition coefficient (Wildman–Crippen LogP) is 2.73. The lowest BCUT2D eigenvalue weighted by Crippen LogP contribution is -2.37. The molecule has 1 unspecified atom stereocenters. The van der Waals surface area contributed by atoms with Crippen LogP contribution >= 0.6 is 11.3 Å². The van der Waals surface area contributed by atoms with Gasteiger partial charge < -0.3 is 5.32 Å². The summed E-state index contributed by atoms with van der Waals surface area (Å²) in [5, 5.41) is 5.39. The lowest BCUT2D eigenvalue weighted by Gasteiger charge is -2.25. The quantitative estimate of drug-likeness (QED) is 0.837. The highest BCUT2D eigenvalue weighted by Gasteiger charge is 2.37. The molecule has 0 spiro atoms. The van der Waals surface area contributed by atoms with E-state index in [0.717, 1.165) is 23.3 Å². The van der Waals surface area contributed by atoms with Gasteiger partial charge in [0.25, 0.3) is 0 Å². The maximum atomic E-state index is 13.0. The fraction of sp³-hybridized carbons (Fsp3) is 0.733. The number of nitrogens with zero attached hydrogens (tertiary/aromatic N) is 1. The van der Waals surface area contributed by atoms with Crippen LogP contribution in [-0.4, -0.2) is 31.9 Å². The van der Waals surface area contributed by atoms with E-state index in [1.54, 1.807) is 22.7 Å². The van der Waals surface area contributed by atoms with Crippen LogP contribution in [0.25, 0.3) is 0 Å². The minimum Gasteiger partial charge on any atom is -0.309 e. The van der Waals surface area contributed by atoms with Gasteiger partial charge in [0.2, 0.25) is 10.0 Å². The molecule has 0 aromatic carbocycles. The Balaban J connectivity index is 1.84. The van der Waals surface area contributed by atoms with Crippen molar-refractivity contribution >= 4 is 21.4 Å². The summed E-state index contributed by atoms with van der Waals surface area (Å²) in [6.45, 7) is 4.60. The van der Waals surface area contributed by atoms with Crippen molar-refractivity contribution in [3.8, 4) is 0 Å². The highest BCUT2D eigenvalue weighted by Crippen LogP contribution is 2.38. The van der Waals surface area contributed by atoms with Crippen molar-refractivity contribution in [3.05, 3.63) is 15.8 Å². The standard InChI is InChI=1S/C15H24N2O2S2/c1-10-9-20-14(8-16-13-6-7-13)15(10)21(18,19)17(3)11(2)12-4-5-12/h9,11-13,16H,4-8H2,1-3H3. The van der Waals surface area contributed by atoms with E-state index >= 15 is 0 Å². The zero-order chi connectivity index (χ0) is 15.2. The summed E-state index contributed by atoms with van der Waals surface area (Å²) in [5.41, 5.74) is 0.877. The summed E-state index contributed by atoms with van der Waals surface area (Å²) in [6.07, 6.45) is 4.73. The molecule has 2 aliphatic carbocycles. The van der Waals surface area contributed by atoms with Crippen LogP contribution in [0.5, 0.6) is 0 Å². The molecule has 2 fully saturated rings. The molecule has 1 aromatic rings. The highest BCUT2D eigenvalue weighted by atomic mass is 32.2. The first-order valence-electron chi connectivity index (χ1n) is 7.69. The third-order valence-corrected chi connectivity index (χ3v) is 8.04. The molecule has 1 atom stereocenters. The number of sulfonamides is 1. The van der Waals surface area contributed by atoms with Crippen LogP contribution in [0.2, 0.25) is 0 Å². The fourth-order valence-corrected chi connectivity index (χ4v) is 5.85. The van der Waals surface area contributed by atoms with E-state index in [9.17, 15) is 8.42 Å². The number of hydrogen-bond acceptors (Lipinski definition) is 4. The van der Waals surface area contributed by atoms with Crippen LogP contribution < -0.4 is 5.32 Å². The molecule has 21 heavy (non-hydrogen) atoms. The average molecular weight is 329 g/mol. The van der Waals surface area contributed by atoms with Gasteiger partial charge in [0.15, 0.2) is 0 Å². The van der Waals surface area contributed by atoms with Crippen LogP contribution in [0.15, 0.2) is 10.3 Å². The zero-order valence-electron chi connectivity index (χ0n) is 12.9. The minimum atomic E-state index is -3.38. The maximum absolute atomic E-state index is 13.0. The summed E-state index contributed by atoms with van der Waals surface area (Å²) in [7, 11) is -1.66. The second-order valence-electron chi connectivity index (χ2n) is 6.43. The highest BCUT2D eigenvalue weighted by molar-refractivity contribution is 7.89. The predicted molar refractivity (Wildman–Crippen MR) is 86.1 cm³/mol. The van der Waals surface area contributed by atoms with Gasteiger partial charge in [0.05, 0.1) is 0 Å².